The second-order valence-corrected chi connectivity index (χ2v) is 3.86. The number of hydrogen-bond donors (Lipinski definition) is 2. The van der Waals surface area contributed by atoms with E-state index in [4.69, 9.17) is 5.26 Å². The van der Waals surface area contributed by atoms with Gasteiger partial charge in [-0.1, -0.05) is 19.9 Å². The number of benzene rings is 1. The molecule has 0 aliphatic rings. The highest BCUT2D eigenvalue weighted by Gasteiger charge is 2.04. The van der Waals surface area contributed by atoms with Crippen LogP contribution in [0, 0.1) is 11.3 Å². The van der Waals surface area contributed by atoms with E-state index in [1.54, 1.807) is 12.1 Å². The predicted octanol–water partition coefficient (Wildman–Crippen LogP) is 2.54. The van der Waals surface area contributed by atoms with Crippen LogP contribution in [-0.4, -0.2) is 11.1 Å². The minimum Gasteiger partial charge on any atom is -0.507 e. The Balaban J connectivity index is 2.62. The first-order valence-corrected chi connectivity index (χ1v) is 5.66. The summed E-state index contributed by atoms with van der Waals surface area (Å²) in [5.74, 6) is 0.0614. The molecule has 16 heavy (non-hydrogen) atoms. The van der Waals surface area contributed by atoms with Crippen LogP contribution in [0.2, 0.25) is 0 Å². The lowest BCUT2D eigenvalue weighted by atomic mass is 10.1. The highest BCUT2D eigenvalue weighted by atomic mass is 16.3. The normalized spacial score (nSPS) is 10.4. The van der Waals surface area contributed by atoms with E-state index < -0.39 is 0 Å². The van der Waals surface area contributed by atoms with E-state index in [2.05, 4.69) is 19.2 Å². The van der Waals surface area contributed by atoms with Crippen molar-refractivity contribution in [2.24, 2.45) is 0 Å². The third-order valence-electron chi connectivity index (χ3n) is 2.76. The topological polar surface area (TPSA) is 56.0 Å². The number of nitrogens with zero attached hydrogens (tertiary/aromatic N) is 1. The van der Waals surface area contributed by atoms with E-state index in [-0.39, 0.29) is 5.75 Å². The molecule has 0 aliphatic heterocycles. The summed E-state index contributed by atoms with van der Waals surface area (Å²) in [6.45, 7) is 5.03. The van der Waals surface area contributed by atoms with Crippen LogP contribution in [0.5, 0.6) is 5.75 Å². The van der Waals surface area contributed by atoms with Gasteiger partial charge in [0.25, 0.3) is 0 Å². The maximum Gasteiger partial charge on any atom is 0.133 e. The summed E-state index contributed by atoms with van der Waals surface area (Å²) in [6, 6.07) is 7.62. The second-order valence-electron chi connectivity index (χ2n) is 3.86. The molecule has 0 saturated heterocycles. The molecule has 0 bridgehead atoms. The van der Waals surface area contributed by atoms with Crippen LogP contribution in [0.3, 0.4) is 0 Å². The quantitative estimate of drug-likeness (QED) is 0.798. The molecule has 0 aromatic heterocycles. The van der Waals surface area contributed by atoms with Crippen molar-refractivity contribution in [3.8, 4) is 11.8 Å². The summed E-state index contributed by atoms with van der Waals surface area (Å²) < 4.78 is 0. The summed E-state index contributed by atoms with van der Waals surface area (Å²) in [6.07, 6.45) is 2.19. The molecule has 0 radical (unpaired) electrons. The molecule has 0 unspecified atom stereocenters. The van der Waals surface area contributed by atoms with E-state index in [1.165, 1.54) is 0 Å². The number of nitrogens with one attached hydrogen (secondary N) is 1. The van der Waals surface area contributed by atoms with Crippen LogP contribution < -0.4 is 5.32 Å². The average molecular weight is 218 g/mol. The van der Waals surface area contributed by atoms with Crippen LogP contribution >= 0.6 is 0 Å². The lowest BCUT2D eigenvalue weighted by molar-refractivity contribution is 0.467. The second kappa shape index (κ2) is 6.14. The molecular weight excluding hydrogens is 200 g/mol. The Labute approximate surface area is 96.7 Å². The van der Waals surface area contributed by atoms with Gasteiger partial charge in [0.1, 0.15) is 11.8 Å². The van der Waals surface area contributed by atoms with Crippen molar-refractivity contribution in [3.05, 3.63) is 29.3 Å². The first kappa shape index (κ1) is 12.5. The number of aromatic hydroxyl groups is 1. The van der Waals surface area contributed by atoms with Gasteiger partial charge in [-0.05, 0) is 30.5 Å². The van der Waals surface area contributed by atoms with Gasteiger partial charge in [0, 0.05) is 12.6 Å². The zero-order valence-electron chi connectivity index (χ0n) is 9.83. The van der Waals surface area contributed by atoms with Gasteiger partial charge in [-0.15, -0.1) is 0 Å². The predicted molar refractivity (Wildman–Crippen MR) is 64.0 cm³/mol. The lowest BCUT2D eigenvalue weighted by Crippen LogP contribution is -2.26. The fraction of sp³-hybridized carbons (Fsp3) is 0.462. The van der Waals surface area contributed by atoms with Crippen LogP contribution in [0.15, 0.2) is 18.2 Å². The number of phenolic OH excluding ortho intramolecular Hbond substituents is 1. The highest BCUT2D eigenvalue weighted by molar-refractivity contribution is 5.44. The summed E-state index contributed by atoms with van der Waals surface area (Å²) >= 11 is 0. The third kappa shape index (κ3) is 3.25. The molecule has 1 aromatic rings. The molecule has 86 valence electrons. The van der Waals surface area contributed by atoms with Gasteiger partial charge in [0.2, 0.25) is 0 Å². The molecule has 0 aliphatic carbocycles. The number of phenols is 1. The minimum absolute atomic E-state index is 0.0614. The molecule has 0 fully saturated rings. The molecule has 0 amide bonds. The third-order valence-corrected chi connectivity index (χ3v) is 2.76. The van der Waals surface area contributed by atoms with E-state index in [0.29, 0.717) is 11.6 Å². The minimum atomic E-state index is 0.0614. The molecule has 2 N–H and O–H groups in total. The molecular formula is C13H18N2O. The fourth-order valence-corrected chi connectivity index (χ4v) is 1.62. The maximum absolute atomic E-state index is 9.52. The number of rotatable bonds is 5. The smallest absolute Gasteiger partial charge is 0.133 e. The summed E-state index contributed by atoms with van der Waals surface area (Å²) in [5, 5.41) is 21.6. The van der Waals surface area contributed by atoms with Gasteiger partial charge in [-0.2, -0.15) is 5.26 Å². The largest absolute Gasteiger partial charge is 0.507 e. The van der Waals surface area contributed by atoms with Crippen molar-refractivity contribution in [1.29, 1.82) is 5.26 Å². The number of hydrogen-bond acceptors (Lipinski definition) is 3. The van der Waals surface area contributed by atoms with Gasteiger partial charge < -0.3 is 10.4 Å². The first-order chi connectivity index (χ1) is 7.71. The van der Waals surface area contributed by atoms with Crippen molar-refractivity contribution in [2.75, 3.05) is 0 Å². The van der Waals surface area contributed by atoms with Gasteiger partial charge in [0.15, 0.2) is 0 Å². The molecule has 1 aromatic carbocycles. The van der Waals surface area contributed by atoms with E-state index >= 15 is 0 Å². The van der Waals surface area contributed by atoms with Crippen molar-refractivity contribution in [1.82, 2.24) is 5.32 Å². The molecule has 3 heteroatoms. The fourth-order valence-electron chi connectivity index (χ4n) is 1.62. The summed E-state index contributed by atoms with van der Waals surface area (Å²) in [7, 11) is 0. The molecule has 0 spiro atoms. The van der Waals surface area contributed by atoms with Crippen molar-refractivity contribution in [3.63, 3.8) is 0 Å². The first-order valence-electron chi connectivity index (χ1n) is 5.66. The van der Waals surface area contributed by atoms with Crippen molar-refractivity contribution >= 4 is 0 Å². The Morgan fingerprint density at radius 3 is 2.56 bits per heavy atom. The molecule has 0 atom stereocenters. The molecule has 0 heterocycles. The Kier molecular flexibility index (Phi) is 4.81. The van der Waals surface area contributed by atoms with Crippen LogP contribution in [0.25, 0.3) is 0 Å². The van der Waals surface area contributed by atoms with E-state index in [1.807, 2.05) is 12.1 Å². The van der Waals surface area contributed by atoms with E-state index in [0.717, 1.165) is 24.9 Å². The van der Waals surface area contributed by atoms with Crippen LogP contribution in [0.4, 0.5) is 0 Å². The van der Waals surface area contributed by atoms with Crippen LogP contribution in [-0.2, 0) is 6.54 Å². The highest BCUT2D eigenvalue weighted by Crippen LogP contribution is 2.17. The van der Waals surface area contributed by atoms with Crippen molar-refractivity contribution in [2.45, 2.75) is 39.3 Å². The zero-order valence-corrected chi connectivity index (χ0v) is 9.83. The van der Waals surface area contributed by atoms with Gasteiger partial charge in [0.05, 0.1) is 5.56 Å². The summed E-state index contributed by atoms with van der Waals surface area (Å²) in [5.41, 5.74) is 1.33. The van der Waals surface area contributed by atoms with E-state index in [9.17, 15) is 5.11 Å². The monoisotopic (exact) mass is 218 g/mol. The zero-order chi connectivity index (χ0) is 12.0. The number of nitriles is 1. The van der Waals surface area contributed by atoms with Crippen molar-refractivity contribution < 1.29 is 5.11 Å². The summed E-state index contributed by atoms with van der Waals surface area (Å²) in [4.78, 5) is 0. The van der Waals surface area contributed by atoms with Crippen LogP contribution in [0.1, 0.15) is 37.8 Å². The molecule has 3 nitrogen and oxygen atoms in total. The lowest BCUT2D eigenvalue weighted by Gasteiger charge is -2.14. The SMILES string of the molecule is CCC(CC)NCc1ccc(C#N)c(O)c1. The van der Waals surface area contributed by atoms with Gasteiger partial charge in [-0.25, -0.2) is 0 Å². The Hall–Kier alpha value is -1.53. The Morgan fingerprint density at radius 2 is 2.06 bits per heavy atom. The molecule has 0 saturated carbocycles. The van der Waals surface area contributed by atoms with Gasteiger partial charge in [-0.3, -0.25) is 0 Å². The Bertz CT molecular complexity index is 378. The van der Waals surface area contributed by atoms with Gasteiger partial charge >= 0.3 is 0 Å². The standard InChI is InChI=1S/C13H18N2O/c1-3-12(4-2)15-9-10-5-6-11(8-14)13(16)7-10/h5-7,12,15-16H,3-4,9H2,1-2H3. The maximum atomic E-state index is 9.52. The Morgan fingerprint density at radius 1 is 1.38 bits per heavy atom. The molecule has 1 rings (SSSR count). The average Bonchev–Trinajstić information content (AvgIpc) is 2.30.